The number of hydrogen-bond donors (Lipinski definition) is 2. The normalized spacial score (nSPS) is 37.5. The number of rotatable bonds is 0. The van der Waals surface area contributed by atoms with Gasteiger partial charge in [-0.05, 0) is 0 Å². The van der Waals surface area contributed by atoms with Gasteiger partial charge in [0, 0.05) is 24.2 Å². The number of nitrogens with one attached hydrogen (secondary N) is 1. The molecule has 1 aliphatic heterocycles. The lowest BCUT2D eigenvalue weighted by Gasteiger charge is -2.05. The summed E-state index contributed by atoms with van der Waals surface area (Å²) in [7, 11) is 0. The monoisotopic (exact) mass is 112 g/mol. The van der Waals surface area contributed by atoms with Crippen LogP contribution in [0.1, 0.15) is 6.92 Å². The van der Waals surface area contributed by atoms with Crippen LogP contribution in [-0.4, -0.2) is 12.6 Å². The third-order valence-electron chi connectivity index (χ3n) is 1.76. The van der Waals surface area contributed by atoms with Crippen molar-refractivity contribution < 1.29 is 0 Å². The van der Waals surface area contributed by atoms with Crippen LogP contribution < -0.4 is 11.1 Å². The van der Waals surface area contributed by atoms with Gasteiger partial charge >= 0.3 is 0 Å². The van der Waals surface area contributed by atoms with Crippen LogP contribution in [0.4, 0.5) is 0 Å². The predicted molar refractivity (Wildman–Crippen MR) is 34.3 cm³/mol. The van der Waals surface area contributed by atoms with Gasteiger partial charge in [-0.15, -0.1) is 0 Å². The van der Waals surface area contributed by atoms with Gasteiger partial charge in [0.2, 0.25) is 0 Å². The molecule has 0 saturated carbocycles. The van der Waals surface area contributed by atoms with Crippen LogP contribution in [0.2, 0.25) is 0 Å². The van der Waals surface area contributed by atoms with Gasteiger partial charge in [-0.1, -0.05) is 13.5 Å². The Morgan fingerprint density at radius 3 is 2.62 bits per heavy atom. The Balaban J connectivity index is 2.56. The number of hydrogen-bond acceptors (Lipinski definition) is 2. The molecule has 0 amide bonds. The Labute approximate surface area is 49.8 Å². The van der Waals surface area contributed by atoms with Crippen molar-refractivity contribution in [3.8, 4) is 0 Å². The maximum absolute atomic E-state index is 5.65. The summed E-state index contributed by atoms with van der Waals surface area (Å²) >= 11 is 0. The van der Waals surface area contributed by atoms with Crippen molar-refractivity contribution in [2.45, 2.75) is 13.0 Å². The van der Waals surface area contributed by atoms with Crippen LogP contribution in [0, 0.1) is 5.92 Å². The van der Waals surface area contributed by atoms with Crippen molar-refractivity contribution in [1.29, 1.82) is 0 Å². The summed E-state index contributed by atoms with van der Waals surface area (Å²) in [5, 5.41) is 3.10. The van der Waals surface area contributed by atoms with Gasteiger partial charge in [-0.3, -0.25) is 0 Å². The third kappa shape index (κ3) is 0.713. The highest BCUT2D eigenvalue weighted by molar-refractivity contribution is 5.07. The molecule has 2 nitrogen and oxygen atoms in total. The van der Waals surface area contributed by atoms with E-state index in [-0.39, 0.29) is 6.04 Å². The molecule has 2 atom stereocenters. The highest BCUT2D eigenvalue weighted by atomic mass is 15.0. The Kier molecular flexibility index (Phi) is 1.26. The molecule has 46 valence electrons. The molecule has 0 bridgehead atoms. The van der Waals surface area contributed by atoms with E-state index in [4.69, 9.17) is 5.73 Å². The number of nitrogens with two attached hydrogens (primary N) is 1. The van der Waals surface area contributed by atoms with Gasteiger partial charge in [0.1, 0.15) is 0 Å². The lowest BCUT2D eigenvalue weighted by Crippen LogP contribution is -2.26. The largest absolute Gasteiger partial charge is 0.387 e. The molecule has 0 aliphatic carbocycles. The van der Waals surface area contributed by atoms with Crippen LogP contribution >= 0.6 is 0 Å². The molecule has 1 heterocycles. The second kappa shape index (κ2) is 1.78. The summed E-state index contributed by atoms with van der Waals surface area (Å²) in [5.41, 5.74) is 6.73. The molecule has 8 heavy (non-hydrogen) atoms. The molecular weight excluding hydrogens is 100 g/mol. The van der Waals surface area contributed by atoms with Crippen molar-refractivity contribution in [2.75, 3.05) is 6.54 Å². The van der Waals surface area contributed by atoms with Crippen LogP contribution in [0.25, 0.3) is 0 Å². The Hall–Kier alpha value is -0.500. The minimum atomic E-state index is 0.280. The zero-order valence-corrected chi connectivity index (χ0v) is 5.15. The molecule has 3 N–H and O–H groups in total. The lowest BCUT2D eigenvalue weighted by molar-refractivity contribution is 0.599. The minimum absolute atomic E-state index is 0.280. The molecule has 0 aromatic carbocycles. The van der Waals surface area contributed by atoms with E-state index in [9.17, 15) is 0 Å². The maximum atomic E-state index is 5.65. The molecule has 0 aromatic heterocycles. The third-order valence-corrected chi connectivity index (χ3v) is 1.76. The van der Waals surface area contributed by atoms with E-state index < -0.39 is 0 Å². The average Bonchev–Trinajstić information content (AvgIpc) is 1.98. The summed E-state index contributed by atoms with van der Waals surface area (Å²) < 4.78 is 0. The van der Waals surface area contributed by atoms with Gasteiger partial charge in [-0.25, -0.2) is 0 Å². The first-order valence-electron chi connectivity index (χ1n) is 2.90. The van der Waals surface area contributed by atoms with Crippen LogP contribution in [-0.2, 0) is 0 Å². The van der Waals surface area contributed by atoms with Crippen molar-refractivity contribution in [3.63, 3.8) is 0 Å². The predicted octanol–water partition coefficient (Wildman–Crippen LogP) is 0.0667. The fourth-order valence-electron chi connectivity index (χ4n) is 0.845. The first-order chi connectivity index (χ1) is 3.72. The molecule has 0 radical (unpaired) electrons. The van der Waals surface area contributed by atoms with Crippen LogP contribution in [0.15, 0.2) is 12.3 Å². The molecule has 1 rings (SSSR count). The van der Waals surface area contributed by atoms with E-state index in [1.165, 1.54) is 0 Å². The highest BCUT2D eigenvalue weighted by Crippen LogP contribution is 2.14. The van der Waals surface area contributed by atoms with Crippen LogP contribution in [0.3, 0.4) is 0 Å². The quantitative estimate of drug-likeness (QED) is 0.465. The standard InChI is InChI=1S/C6H12N2/c1-4-5(2)8-3-6(4)7/h4,6,8H,2-3,7H2,1H3. The van der Waals surface area contributed by atoms with Crippen molar-refractivity contribution in [2.24, 2.45) is 11.7 Å². The van der Waals surface area contributed by atoms with E-state index in [1.54, 1.807) is 0 Å². The Morgan fingerprint density at radius 1 is 1.88 bits per heavy atom. The Bertz CT molecular complexity index is 109. The van der Waals surface area contributed by atoms with Gasteiger partial charge in [0.25, 0.3) is 0 Å². The Morgan fingerprint density at radius 2 is 2.50 bits per heavy atom. The minimum Gasteiger partial charge on any atom is -0.387 e. The molecule has 2 heteroatoms. The first kappa shape index (κ1) is 5.63. The summed E-state index contributed by atoms with van der Waals surface area (Å²) in [4.78, 5) is 0. The molecule has 0 aromatic rings. The van der Waals surface area contributed by atoms with E-state index >= 15 is 0 Å². The second-order valence-electron chi connectivity index (χ2n) is 2.36. The van der Waals surface area contributed by atoms with Crippen molar-refractivity contribution in [3.05, 3.63) is 12.3 Å². The molecule has 1 aliphatic rings. The van der Waals surface area contributed by atoms with Gasteiger partial charge in [-0.2, -0.15) is 0 Å². The molecule has 0 spiro atoms. The van der Waals surface area contributed by atoms with Gasteiger partial charge < -0.3 is 11.1 Å². The zero-order valence-electron chi connectivity index (χ0n) is 5.15. The second-order valence-corrected chi connectivity index (χ2v) is 2.36. The fraction of sp³-hybridized carbons (Fsp3) is 0.667. The summed E-state index contributed by atoms with van der Waals surface area (Å²) in [5.74, 6) is 0.454. The molecule has 1 fully saturated rings. The smallest absolute Gasteiger partial charge is 0.0302 e. The topological polar surface area (TPSA) is 38.0 Å². The SMILES string of the molecule is C=C1NCC(N)C1C. The summed E-state index contributed by atoms with van der Waals surface area (Å²) in [6.45, 7) is 6.77. The molecular formula is C6H12N2. The first-order valence-corrected chi connectivity index (χ1v) is 2.90. The summed E-state index contributed by atoms with van der Waals surface area (Å²) in [6.07, 6.45) is 0. The van der Waals surface area contributed by atoms with E-state index in [0.717, 1.165) is 12.2 Å². The fourth-order valence-corrected chi connectivity index (χ4v) is 0.845. The van der Waals surface area contributed by atoms with E-state index in [1.807, 2.05) is 0 Å². The zero-order chi connectivity index (χ0) is 6.15. The van der Waals surface area contributed by atoms with E-state index in [2.05, 4.69) is 18.8 Å². The molecule has 2 unspecified atom stereocenters. The lowest BCUT2D eigenvalue weighted by atomic mass is 10.1. The van der Waals surface area contributed by atoms with Crippen LogP contribution in [0.5, 0.6) is 0 Å². The highest BCUT2D eigenvalue weighted by Gasteiger charge is 2.21. The average molecular weight is 112 g/mol. The maximum Gasteiger partial charge on any atom is 0.0302 e. The summed E-state index contributed by atoms with van der Waals surface area (Å²) in [6, 6.07) is 0.280. The van der Waals surface area contributed by atoms with Crippen molar-refractivity contribution >= 4 is 0 Å². The van der Waals surface area contributed by atoms with Gasteiger partial charge in [0.15, 0.2) is 0 Å². The van der Waals surface area contributed by atoms with E-state index in [0.29, 0.717) is 5.92 Å². The van der Waals surface area contributed by atoms with Gasteiger partial charge in [0.05, 0.1) is 0 Å². The van der Waals surface area contributed by atoms with Crippen molar-refractivity contribution in [1.82, 2.24) is 5.32 Å². The molecule has 1 saturated heterocycles.